The van der Waals surface area contributed by atoms with E-state index in [1.54, 1.807) is 45.6 Å². The number of allylic oxidation sites excluding steroid dienone is 1. The lowest BCUT2D eigenvalue weighted by Gasteiger charge is -2.13. The normalized spacial score (nSPS) is 11.0. The molecule has 3 aromatic carbocycles. The zero-order valence-corrected chi connectivity index (χ0v) is 22.0. The van der Waals surface area contributed by atoms with Crippen LogP contribution in [0, 0.1) is 0 Å². The number of ether oxygens (including phenoxy) is 5. The molecule has 3 aromatic rings. The van der Waals surface area contributed by atoms with Crippen LogP contribution in [0.4, 0.5) is 11.4 Å². The highest BCUT2D eigenvalue weighted by molar-refractivity contribution is 6.32. The number of nitrogen functional groups attached to an aromatic ring is 1. The van der Waals surface area contributed by atoms with E-state index in [4.69, 9.17) is 41.0 Å². The number of benzene rings is 3. The van der Waals surface area contributed by atoms with Crippen LogP contribution in [0.25, 0.3) is 12.2 Å². The molecule has 0 radical (unpaired) electrons. The smallest absolute Gasteiger partial charge is 0.203 e. The fourth-order valence-corrected chi connectivity index (χ4v) is 3.91. The third-order valence-corrected chi connectivity index (χ3v) is 5.69. The van der Waals surface area contributed by atoms with Crippen LogP contribution in [0.2, 0.25) is 5.02 Å². The van der Waals surface area contributed by atoms with Gasteiger partial charge in [0.15, 0.2) is 23.0 Å². The molecule has 0 amide bonds. The lowest BCUT2D eigenvalue weighted by atomic mass is 10.1. The quantitative estimate of drug-likeness (QED) is 0.137. The van der Waals surface area contributed by atoms with E-state index in [-0.39, 0.29) is 5.78 Å². The molecular weight excluding hydrogens is 496 g/mol. The molecule has 0 heterocycles. The van der Waals surface area contributed by atoms with Gasteiger partial charge in [0.05, 0.1) is 51.9 Å². The van der Waals surface area contributed by atoms with Crippen molar-refractivity contribution in [2.24, 2.45) is 0 Å². The van der Waals surface area contributed by atoms with E-state index < -0.39 is 0 Å². The number of nitrogens with one attached hydrogen (secondary N) is 1. The summed E-state index contributed by atoms with van der Waals surface area (Å²) in [6.45, 7) is 0. The summed E-state index contributed by atoms with van der Waals surface area (Å²) in [5, 5.41) is 3.48. The Balaban J connectivity index is 1.84. The lowest BCUT2D eigenvalue weighted by molar-refractivity contribution is 0.104. The highest BCUT2D eigenvalue weighted by atomic mass is 35.5. The standard InChI is InChI=1S/C28H29ClN2O6/c1-33-24-9-8-19(16-21(24)30)23(32)10-11-31-22-13-17(12-20(29)27(22)36-4)6-7-18-14-25(34-2)28(37-5)26(15-18)35-3/h6-16,31H,30H2,1-5H3. The summed E-state index contributed by atoms with van der Waals surface area (Å²) >= 11 is 6.46. The summed E-state index contributed by atoms with van der Waals surface area (Å²) in [4.78, 5) is 12.6. The van der Waals surface area contributed by atoms with E-state index in [0.29, 0.717) is 50.7 Å². The first-order valence-electron chi connectivity index (χ1n) is 11.1. The number of carbonyl (C=O) groups excluding carboxylic acids is 1. The summed E-state index contributed by atoms with van der Waals surface area (Å²) < 4.78 is 26.8. The molecule has 3 rings (SSSR count). The predicted octanol–water partition coefficient (Wildman–Crippen LogP) is 5.94. The van der Waals surface area contributed by atoms with Gasteiger partial charge in [-0.1, -0.05) is 23.8 Å². The summed E-state index contributed by atoms with van der Waals surface area (Å²) in [6, 6.07) is 12.2. The first-order valence-corrected chi connectivity index (χ1v) is 11.5. The van der Waals surface area contributed by atoms with Crippen molar-refractivity contribution in [2.45, 2.75) is 0 Å². The monoisotopic (exact) mass is 524 g/mol. The topological polar surface area (TPSA) is 101 Å². The van der Waals surface area contributed by atoms with Crippen molar-refractivity contribution in [3.63, 3.8) is 0 Å². The minimum absolute atomic E-state index is 0.231. The highest BCUT2D eigenvalue weighted by Gasteiger charge is 2.13. The van der Waals surface area contributed by atoms with Gasteiger partial charge in [-0.25, -0.2) is 0 Å². The molecule has 0 aromatic heterocycles. The molecule has 0 spiro atoms. The Morgan fingerprint density at radius 1 is 0.784 bits per heavy atom. The van der Waals surface area contributed by atoms with E-state index in [1.165, 1.54) is 26.5 Å². The Kier molecular flexibility index (Phi) is 9.29. The maximum atomic E-state index is 12.6. The molecule has 0 atom stereocenters. The molecule has 0 unspecified atom stereocenters. The molecule has 0 fully saturated rings. The third-order valence-electron chi connectivity index (χ3n) is 5.41. The second-order valence-electron chi connectivity index (χ2n) is 7.67. The second kappa shape index (κ2) is 12.6. The number of ketones is 1. The maximum absolute atomic E-state index is 12.6. The number of hydrogen-bond acceptors (Lipinski definition) is 8. The molecule has 9 heteroatoms. The Hall–Kier alpha value is -4.30. The van der Waals surface area contributed by atoms with Crippen LogP contribution in [0.1, 0.15) is 21.5 Å². The molecule has 37 heavy (non-hydrogen) atoms. The van der Waals surface area contributed by atoms with Gasteiger partial charge in [0.25, 0.3) is 0 Å². The second-order valence-corrected chi connectivity index (χ2v) is 8.08. The van der Waals surface area contributed by atoms with Gasteiger partial charge in [-0.2, -0.15) is 0 Å². The molecule has 3 N–H and O–H groups in total. The van der Waals surface area contributed by atoms with Crippen molar-refractivity contribution < 1.29 is 28.5 Å². The summed E-state index contributed by atoms with van der Waals surface area (Å²) in [6.07, 6.45) is 6.68. The van der Waals surface area contributed by atoms with E-state index in [2.05, 4.69) is 5.32 Å². The molecule has 194 valence electrons. The van der Waals surface area contributed by atoms with Gasteiger partial charge in [0.2, 0.25) is 5.75 Å². The van der Waals surface area contributed by atoms with E-state index in [9.17, 15) is 4.79 Å². The molecule has 0 bridgehead atoms. The van der Waals surface area contributed by atoms with Gasteiger partial charge >= 0.3 is 0 Å². The van der Waals surface area contributed by atoms with Crippen LogP contribution in [-0.4, -0.2) is 41.3 Å². The number of halogens is 1. The van der Waals surface area contributed by atoms with Crippen LogP contribution < -0.4 is 34.7 Å². The largest absolute Gasteiger partial charge is 0.495 e. The van der Waals surface area contributed by atoms with Crippen molar-refractivity contribution in [3.8, 4) is 28.7 Å². The molecule has 8 nitrogen and oxygen atoms in total. The predicted molar refractivity (Wildman–Crippen MR) is 148 cm³/mol. The summed E-state index contributed by atoms with van der Waals surface area (Å²) in [5.41, 5.74) is 8.93. The van der Waals surface area contributed by atoms with Gasteiger partial charge in [0.1, 0.15) is 5.75 Å². The van der Waals surface area contributed by atoms with Crippen LogP contribution in [0.5, 0.6) is 28.7 Å². The first kappa shape index (κ1) is 27.3. The van der Waals surface area contributed by atoms with E-state index in [0.717, 1.165) is 11.1 Å². The minimum atomic E-state index is -0.231. The zero-order valence-electron chi connectivity index (χ0n) is 21.3. The number of hydrogen-bond donors (Lipinski definition) is 2. The van der Waals surface area contributed by atoms with E-state index in [1.807, 2.05) is 30.4 Å². The number of anilines is 2. The van der Waals surface area contributed by atoms with Crippen molar-refractivity contribution >= 4 is 40.9 Å². The van der Waals surface area contributed by atoms with Crippen molar-refractivity contribution in [1.82, 2.24) is 0 Å². The number of methoxy groups -OCH3 is 5. The Morgan fingerprint density at radius 3 is 1.92 bits per heavy atom. The SMILES string of the molecule is COc1ccc(C(=O)C=CNc2cc(C=Cc3cc(OC)c(OC)c(OC)c3)cc(Cl)c2OC)cc1N. The van der Waals surface area contributed by atoms with Gasteiger partial charge in [-0.05, 0) is 53.6 Å². The fourth-order valence-electron chi connectivity index (χ4n) is 3.61. The molecule has 0 aliphatic carbocycles. The van der Waals surface area contributed by atoms with Crippen LogP contribution in [-0.2, 0) is 0 Å². The van der Waals surface area contributed by atoms with Gasteiger partial charge < -0.3 is 34.7 Å². The molecule has 0 saturated carbocycles. The average Bonchev–Trinajstić information content (AvgIpc) is 2.90. The van der Waals surface area contributed by atoms with Crippen molar-refractivity contribution in [1.29, 1.82) is 0 Å². The molecule has 0 saturated heterocycles. The third kappa shape index (κ3) is 6.48. The Morgan fingerprint density at radius 2 is 1.38 bits per heavy atom. The number of nitrogens with two attached hydrogens (primary N) is 1. The van der Waals surface area contributed by atoms with Crippen molar-refractivity contribution in [2.75, 3.05) is 46.6 Å². The summed E-state index contributed by atoms with van der Waals surface area (Å²) in [5.74, 6) is 2.33. The van der Waals surface area contributed by atoms with Gasteiger partial charge in [0, 0.05) is 17.8 Å². The summed E-state index contributed by atoms with van der Waals surface area (Å²) in [7, 11) is 7.72. The Labute approximate surface area is 221 Å². The van der Waals surface area contributed by atoms with E-state index >= 15 is 0 Å². The minimum Gasteiger partial charge on any atom is -0.495 e. The Bertz CT molecular complexity index is 1310. The first-order chi connectivity index (χ1) is 17.8. The van der Waals surface area contributed by atoms with Gasteiger partial charge in [-0.15, -0.1) is 0 Å². The number of carbonyl (C=O) groups is 1. The molecule has 0 aliphatic rings. The maximum Gasteiger partial charge on any atom is 0.203 e. The lowest BCUT2D eigenvalue weighted by Crippen LogP contribution is -2.00. The average molecular weight is 525 g/mol. The fraction of sp³-hybridized carbons (Fsp3) is 0.179. The molecule has 0 aliphatic heterocycles. The van der Waals surface area contributed by atoms with Crippen LogP contribution in [0.3, 0.4) is 0 Å². The van der Waals surface area contributed by atoms with Crippen LogP contribution >= 0.6 is 11.6 Å². The van der Waals surface area contributed by atoms with Gasteiger partial charge in [-0.3, -0.25) is 4.79 Å². The zero-order chi connectivity index (χ0) is 26.9. The highest BCUT2D eigenvalue weighted by Crippen LogP contribution is 2.39. The van der Waals surface area contributed by atoms with Crippen molar-refractivity contribution in [3.05, 3.63) is 76.5 Å². The molecular formula is C28H29ClN2O6. The number of rotatable bonds is 11. The van der Waals surface area contributed by atoms with Crippen LogP contribution in [0.15, 0.2) is 54.7 Å².